The van der Waals surface area contributed by atoms with Gasteiger partial charge in [0.25, 0.3) is 5.92 Å². The molecule has 2 atom stereocenters. The summed E-state index contributed by atoms with van der Waals surface area (Å²) < 4.78 is 27.0. The molecule has 0 aliphatic carbocycles. The van der Waals surface area contributed by atoms with Crippen molar-refractivity contribution in [1.82, 2.24) is 10.6 Å². The lowest BCUT2D eigenvalue weighted by Crippen LogP contribution is -2.41. The highest BCUT2D eigenvalue weighted by Crippen LogP contribution is 2.25. The first kappa shape index (κ1) is 14.4. The fraction of sp³-hybridized carbons (Fsp3) is 0.462. The molecule has 0 saturated carbocycles. The number of carbonyl (C=O) groups is 1. The van der Waals surface area contributed by atoms with Crippen LogP contribution >= 0.6 is 15.9 Å². The van der Waals surface area contributed by atoms with Crippen molar-refractivity contribution in [3.8, 4) is 0 Å². The van der Waals surface area contributed by atoms with Crippen LogP contribution in [0.2, 0.25) is 0 Å². The van der Waals surface area contributed by atoms with E-state index in [2.05, 4.69) is 26.6 Å². The Kier molecular flexibility index (Phi) is 4.20. The quantitative estimate of drug-likeness (QED) is 0.893. The lowest BCUT2D eigenvalue weighted by Gasteiger charge is -2.17. The average Bonchev–Trinajstić information content (AvgIpc) is 2.69. The van der Waals surface area contributed by atoms with E-state index >= 15 is 0 Å². The van der Waals surface area contributed by atoms with Gasteiger partial charge in [0.05, 0.1) is 18.6 Å². The third-order valence-corrected chi connectivity index (χ3v) is 3.63. The molecule has 104 valence electrons. The van der Waals surface area contributed by atoms with E-state index in [9.17, 15) is 13.6 Å². The van der Waals surface area contributed by atoms with Gasteiger partial charge in [-0.2, -0.15) is 0 Å². The van der Waals surface area contributed by atoms with Crippen molar-refractivity contribution in [2.24, 2.45) is 0 Å². The molecule has 2 rings (SSSR count). The summed E-state index contributed by atoms with van der Waals surface area (Å²) in [5.74, 6) is -3.18. The summed E-state index contributed by atoms with van der Waals surface area (Å²) in [5.41, 5.74) is 0.924. The van der Waals surface area contributed by atoms with Crippen molar-refractivity contribution in [3.63, 3.8) is 0 Å². The Hall–Kier alpha value is -1.01. The van der Waals surface area contributed by atoms with Crippen molar-refractivity contribution in [2.75, 3.05) is 6.54 Å². The van der Waals surface area contributed by atoms with Crippen molar-refractivity contribution in [1.29, 1.82) is 0 Å². The molecule has 2 unspecified atom stereocenters. The summed E-state index contributed by atoms with van der Waals surface area (Å²) >= 11 is 3.35. The number of benzene rings is 1. The molecule has 0 radical (unpaired) electrons. The highest BCUT2D eigenvalue weighted by Gasteiger charge is 2.42. The predicted molar refractivity (Wildman–Crippen MR) is 72.1 cm³/mol. The highest BCUT2D eigenvalue weighted by molar-refractivity contribution is 9.10. The average molecular weight is 333 g/mol. The molecular formula is C13H15BrF2N2O. The van der Waals surface area contributed by atoms with Gasteiger partial charge in [0.1, 0.15) is 0 Å². The Balaban J connectivity index is 1.96. The maximum atomic E-state index is 13.0. The van der Waals surface area contributed by atoms with E-state index in [1.54, 1.807) is 0 Å². The lowest BCUT2D eigenvalue weighted by molar-refractivity contribution is -0.124. The third kappa shape index (κ3) is 3.73. The maximum Gasteiger partial charge on any atom is 0.262 e. The third-order valence-electron chi connectivity index (χ3n) is 3.13. The van der Waals surface area contributed by atoms with Gasteiger partial charge in [-0.15, -0.1) is 0 Å². The molecule has 1 aliphatic rings. The molecule has 1 fully saturated rings. The summed E-state index contributed by atoms with van der Waals surface area (Å²) in [4.78, 5) is 11.9. The molecule has 19 heavy (non-hydrogen) atoms. The van der Waals surface area contributed by atoms with E-state index in [4.69, 9.17) is 0 Å². The van der Waals surface area contributed by atoms with E-state index < -0.39 is 24.9 Å². The van der Waals surface area contributed by atoms with Crippen molar-refractivity contribution < 1.29 is 13.6 Å². The fourth-order valence-corrected chi connectivity index (χ4v) is 2.49. The summed E-state index contributed by atoms with van der Waals surface area (Å²) in [7, 11) is 0. The number of rotatable bonds is 3. The topological polar surface area (TPSA) is 41.1 Å². The fourth-order valence-electron chi connectivity index (χ4n) is 2.07. The van der Waals surface area contributed by atoms with Crippen LogP contribution < -0.4 is 10.6 Å². The molecule has 2 N–H and O–H groups in total. The molecule has 0 bridgehead atoms. The number of amides is 1. The summed E-state index contributed by atoms with van der Waals surface area (Å²) in [6, 6.07) is 6.49. The van der Waals surface area contributed by atoms with Gasteiger partial charge in [-0.3, -0.25) is 10.1 Å². The second-order valence-corrected chi connectivity index (χ2v) is 5.69. The van der Waals surface area contributed by atoms with Gasteiger partial charge in [-0.1, -0.05) is 28.1 Å². The summed E-state index contributed by atoms with van der Waals surface area (Å²) in [6.07, 6.45) is -0.440. The number of carbonyl (C=O) groups excluding carboxylic acids is 1. The Bertz CT molecular complexity index is 481. The van der Waals surface area contributed by atoms with Crippen LogP contribution in [0.3, 0.4) is 0 Å². The minimum absolute atomic E-state index is 0.221. The number of hydrogen-bond acceptors (Lipinski definition) is 2. The zero-order chi connectivity index (χ0) is 14.0. The molecule has 1 aromatic rings. The number of nitrogens with one attached hydrogen (secondary N) is 2. The normalized spacial score (nSPS) is 23.1. The molecule has 0 spiro atoms. The van der Waals surface area contributed by atoms with Gasteiger partial charge >= 0.3 is 0 Å². The van der Waals surface area contributed by atoms with Crippen LogP contribution in [-0.2, 0) is 4.79 Å². The van der Waals surface area contributed by atoms with Crippen LogP contribution in [-0.4, -0.2) is 24.4 Å². The van der Waals surface area contributed by atoms with Crippen LogP contribution in [0.1, 0.15) is 24.9 Å². The smallest absolute Gasteiger partial charge is 0.262 e. The first-order valence-electron chi connectivity index (χ1n) is 6.04. The molecule has 1 heterocycles. The van der Waals surface area contributed by atoms with Gasteiger partial charge in [0.2, 0.25) is 5.91 Å². The van der Waals surface area contributed by atoms with E-state index in [0.29, 0.717) is 0 Å². The predicted octanol–water partition coefficient (Wildman–Crippen LogP) is 2.62. The van der Waals surface area contributed by atoms with Crippen molar-refractivity contribution in [3.05, 3.63) is 34.3 Å². The minimum atomic E-state index is -2.79. The van der Waals surface area contributed by atoms with E-state index in [1.165, 1.54) is 0 Å². The molecule has 0 aromatic heterocycles. The molecule has 1 aromatic carbocycles. The molecule has 3 nitrogen and oxygen atoms in total. The Morgan fingerprint density at radius 3 is 2.89 bits per heavy atom. The van der Waals surface area contributed by atoms with E-state index in [0.717, 1.165) is 10.0 Å². The zero-order valence-electron chi connectivity index (χ0n) is 10.4. The first-order valence-corrected chi connectivity index (χ1v) is 6.84. The molecule has 6 heteroatoms. The lowest BCUT2D eigenvalue weighted by atomic mass is 10.1. The number of hydrogen-bond donors (Lipinski definition) is 2. The number of alkyl halides is 2. The minimum Gasteiger partial charge on any atom is -0.348 e. The molecule has 1 aliphatic heterocycles. The second kappa shape index (κ2) is 5.54. The van der Waals surface area contributed by atoms with Gasteiger partial charge in [-0.25, -0.2) is 8.78 Å². The zero-order valence-corrected chi connectivity index (χ0v) is 12.0. The summed E-state index contributed by atoms with van der Waals surface area (Å²) in [5, 5.41) is 5.29. The van der Waals surface area contributed by atoms with Crippen LogP contribution in [0.4, 0.5) is 8.78 Å². The van der Waals surface area contributed by atoms with Crippen LogP contribution in [0.15, 0.2) is 28.7 Å². The van der Waals surface area contributed by atoms with E-state index in [-0.39, 0.29) is 11.9 Å². The SMILES string of the molecule is CC(NC(=O)C1CC(F)(F)CN1)c1cccc(Br)c1. The second-order valence-electron chi connectivity index (χ2n) is 4.78. The van der Waals surface area contributed by atoms with Crippen LogP contribution in [0, 0.1) is 0 Å². The maximum absolute atomic E-state index is 13.0. The van der Waals surface area contributed by atoms with Crippen LogP contribution in [0.5, 0.6) is 0 Å². The van der Waals surface area contributed by atoms with Gasteiger partial charge < -0.3 is 5.32 Å². The van der Waals surface area contributed by atoms with Gasteiger partial charge in [0.15, 0.2) is 0 Å². The van der Waals surface area contributed by atoms with E-state index in [1.807, 2.05) is 31.2 Å². The van der Waals surface area contributed by atoms with Gasteiger partial charge in [0, 0.05) is 10.9 Å². The Morgan fingerprint density at radius 2 is 2.32 bits per heavy atom. The number of halogens is 3. The molecule has 1 amide bonds. The Morgan fingerprint density at radius 1 is 1.58 bits per heavy atom. The molecular weight excluding hydrogens is 318 g/mol. The van der Waals surface area contributed by atoms with Gasteiger partial charge in [-0.05, 0) is 24.6 Å². The largest absolute Gasteiger partial charge is 0.348 e. The van der Waals surface area contributed by atoms with Crippen LogP contribution in [0.25, 0.3) is 0 Å². The first-order chi connectivity index (χ1) is 8.87. The highest BCUT2D eigenvalue weighted by atomic mass is 79.9. The van der Waals surface area contributed by atoms with Crippen molar-refractivity contribution in [2.45, 2.75) is 31.4 Å². The molecule has 1 saturated heterocycles. The Labute approximate surface area is 118 Å². The standard InChI is InChI=1S/C13H15BrF2N2O/c1-8(9-3-2-4-10(14)5-9)18-12(19)11-6-13(15,16)7-17-11/h2-5,8,11,17H,6-7H2,1H3,(H,18,19). The summed E-state index contributed by atoms with van der Waals surface area (Å²) in [6.45, 7) is 1.39. The van der Waals surface area contributed by atoms with Crippen molar-refractivity contribution >= 4 is 21.8 Å². The monoisotopic (exact) mass is 332 g/mol.